The van der Waals surface area contributed by atoms with Crippen molar-refractivity contribution in [2.24, 2.45) is 5.92 Å². The number of carbonyl (C=O) groups is 1. The zero-order valence-electron chi connectivity index (χ0n) is 12.3. The van der Waals surface area contributed by atoms with Gasteiger partial charge in [0.2, 0.25) is 10.0 Å². The predicted molar refractivity (Wildman–Crippen MR) is 80.1 cm³/mol. The molecule has 6 heteroatoms. The number of rotatable bonds is 5. The number of hydrogen-bond acceptors (Lipinski definition) is 4. The summed E-state index contributed by atoms with van der Waals surface area (Å²) < 4.78 is 32.5. The maximum absolute atomic E-state index is 12.5. The summed E-state index contributed by atoms with van der Waals surface area (Å²) in [5.74, 6) is -0.995. The Balaban J connectivity index is 2.13. The molecule has 0 saturated heterocycles. The van der Waals surface area contributed by atoms with Gasteiger partial charge in [-0.05, 0) is 25.3 Å². The molecule has 0 aromatic heterocycles. The molecule has 2 rings (SSSR count). The molecule has 0 amide bonds. The van der Waals surface area contributed by atoms with Crippen molar-refractivity contribution in [2.75, 3.05) is 7.11 Å². The number of methoxy groups -OCH3 is 1. The van der Waals surface area contributed by atoms with Crippen molar-refractivity contribution in [1.82, 2.24) is 4.72 Å². The lowest BCUT2D eigenvalue weighted by atomic mass is 10.1. The second kappa shape index (κ2) is 6.58. The number of sulfonamides is 1. The smallest absolute Gasteiger partial charge is 0.310 e. The fourth-order valence-corrected chi connectivity index (χ4v) is 4.82. The molecule has 116 valence electrons. The number of carbonyl (C=O) groups excluding carboxylic acids is 1. The van der Waals surface area contributed by atoms with Crippen molar-refractivity contribution in [3.8, 4) is 0 Å². The van der Waals surface area contributed by atoms with Gasteiger partial charge in [0.1, 0.15) is 0 Å². The first kappa shape index (κ1) is 16.0. The molecular formula is C15H21NO4S. The number of ether oxygens (including phenoxy) is 1. The van der Waals surface area contributed by atoms with Gasteiger partial charge in [-0.3, -0.25) is 4.79 Å². The van der Waals surface area contributed by atoms with Crippen molar-refractivity contribution < 1.29 is 17.9 Å². The van der Waals surface area contributed by atoms with Gasteiger partial charge < -0.3 is 4.74 Å². The molecule has 5 nitrogen and oxygen atoms in total. The van der Waals surface area contributed by atoms with Crippen LogP contribution in [0.2, 0.25) is 0 Å². The molecule has 1 aliphatic rings. The van der Waals surface area contributed by atoms with Gasteiger partial charge in [0.15, 0.2) is 0 Å². The lowest BCUT2D eigenvalue weighted by Gasteiger charge is -2.21. The van der Waals surface area contributed by atoms with Crippen LogP contribution in [0.5, 0.6) is 0 Å². The molecule has 0 bridgehead atoms. The van der Waals surface area contributed by atoms with E-state index in [2.05, 4.69) is 4.72 Å². The van der Waals surface area contributed by atoms with Crippen LogP contribution in [-0.2, 0) is 19.6 Å². The number of benzene rings is 1. The highest BCUT2D eigenvalue weighted by atomic mass is 32.2. The maximum Gasteiger partial charge on any atom is 0.310 e. The minimum atomic E-state index is -3.56. The van der Waals surface area contributed by atoms with Gasteiger partial charge in [-0.2, -0.15) is 0 Å². The first-order valence-corrected chi connectivity index (χ1v) is 8.64. The molecule has 0 spiro atoms. The van der Waals surface area contributed by atoms with E-state index >= 15 is 0 Å². The Labute approximate surface area is 125 Å². The van der Waals surface area contributed by atoms with E-state index in [4.69, 9.17) is 4.74 Å². The second-order valence-corrected chi connectivity index (χ2v) is 7.33. The summed E-state index contributed by atoms with van der Waals surface area (Å²) >= 11 is 0. The first-order valence-electron chi connectivity index (χ1n) is 7.09. The van der Waals surface area contributed by atoms with Gasteiger partial charge in [-0.15, -0.1) is 0 Å². The van der Waals surface area contributed by atoms with E-state index in [0.717, 1.165) is 12.0 Å². The molecule has 1 aliphatic carbocycles. The zero-order chi connectivity index (χ0) is 15.5. The lowest BCUT2D eigenvalue weighted by molar-refractivity contribution is -0.145. The largest absolute Gasteiger partial charge is 0.469 e. The Hall–Kier alpha value is -1.40. The minimum Gasteiger partial charge on any atom is -0.469 e. The first-order chi connectivity index (χ1) is 9.95. The molecule has 0 heterocycles. The van der Waals surface area contributed by atoms with E-state index in [1.54, 1.807) is 6.92 Å². The molecule has 1 saturated carbocycles. The average molecular weight is 311 g/mol. The molecule has 1 N–H and O–H groups in total. The third kappa shape index (κ3) is 3.63. The van der Waals surface area contributed by atoms with Crippen LogP contribution in [0.25, 0.3) is 0 Å². The van der Waals surface area contributed by atoms with E-state index < -0.39 is 27.2 Å². The Bertz CT molecular complexity index is 585. The molecule has 2 unspecified atom stereocenters. The Morgan fingerprint density at radius 1 is 1.29 bits per heavy atom. The van der Waals surface area contributed by atoms with Crippen molar-refractivity contribution in [3.63, 3.8) is 0 Å². The van der Waals surface area contributed by atoms with Crippen LogP contribution in [-0.4, -0.2) is 26.7 Å². The highest BCUT2D eigenvalue weighted by molar-refractivity contribution is 7.90. The maximum atomic E-state index is 12.5. The van der Waals surface area contributed by atoms with Crippen molar-refractivity contribution in [1.29, 1.82) is 0 Å². The summed E-state index contributed by atoms with van der Waals surface area (Å²) in [6, 6.07) is 9.05. The summed E-state index contributed by atoms with van der Waals surface area (Å²) in [4.78, 5) is 11.7. The molecule has 1 fully saturated rings. The van der Waals surface area contributed by atoms with E-state index in [0.29, 0.717) is 12.8 Å². The third-order valence-electron chi connectivity index (χ3n) is 4.00. The molecule has 0 radical (unpaired) electrons. The van der Waals surface area contributed by atoms with Gasteiger partial charge in [-0.25, -0.2) is 13.1 Å². The standard InChI is InChI=1S/C15H21NO4S/c1-11(12-7-4-3-5-8-12)16-21(18,19)14-10-6-9-13(14)15(17)20-2/h3-5,7-8,11,13-14,16H,6,9-10H2,1-2H3/t11-,13?,14?/m0/s1. The van der Waals surface area contributed by atoms with Gasteiger partial charge in [0.05, 0.1) is 18.3 Å². The van der Waals surface area contributed by atoms with Gasteiger partial charge in [-0.1, -0.05) is 36.8 Å². The van der Waals surface area contributed by atoms with Crippen molar-refractivity contribution in [2.45, 2.75) is 37.5 Å². The SMILES string of the molecule is COC(=O)C1CCCC1S(=O)(=O)N[C@@H](C)c1ccccc1. The number of esters is 1. The molecule has 1 aromatic rings. The van der Waals surface area contributed by atoms with Crippen LogP contribution in [0.3, 0.4) is 0 Å². The second-order valence-electron chi connectivity index (χ2n) is 5.39. The summed E-state index contributed by atoms with van der Waals surface area (Å²) in [6.07, 6.45) is 1.79. The topological polar surface area (TPSA) is 72.5 Å². The highest BCUT2D eigenvalue weighted by Crippen LogP contribution is 2.32. The van der Waals surface area contributed by atoms with Crippen molar-refractivity contribution >= 4 is 16.0 Å². The van der Waals surface area contributed by atoms with Gasteiger partial charge in [0.25, 0.3) is 0 Å². The predicted octanol–water partition coefficient (Wildman–Crippen LogP) is 2.01. The van der Waals surface area contributed by atoms with Crippen LogP contribution in [0, 0.1) is 5.92 Å². The molecule has 0 aliphatic heterocycles. The van der Waals surface area contributed by atoms with Crippen LogP contribution in [0.15, 0.2) is 30.3 Å². The normalized spacial score (nSPS) is 23.7. The number of nitrogens with one attached hydrogen (secondary N) is 1. The summed E-state index contributed by atoms with van der Waals surface area (Å²) in [5.41, 5.74) is 0.897. The quantitative estimate of drug-likeness (QED) is 0.844. The van der Waals surface area contributed by atoms with Crippen LogP contribution in [0.1, 0.15) is 37.8 Å². The van der Waals surface area contributed by atoms with Gasteiger partial charge >= 0.3 is 5.97 Å². The van der Waals surface area contributed by atoms with Gasteiger partial charge in [0, 0.05) is 6.04 Å². The summed E-state index contributed by atoms with van der Waals surface area (Å²) in [6.45, 7) is 1.80. The Kier molecular flexibility index (Phi) is 5.00. The fourth-order valence-electron chi connectivity index (χ4n) is 2.86. The fraction of sp³-hybridized carbons (Fsp3) is 0.533. The lowest BCUT2D eigenvalue weighted by Crippen LogP contribution is -2.40. The molecule has 21 heavy (non-hydrogen) atoms. The summed E-state index contributed by atoms with van der Waals surface area (Å²) in [7, 11) is -2.27. The zero-order valence-corrected chi connectivity index (χ0v) is 13.1. The van der Waals surface area contributed by atoms with E-state index in [9.17, 15) is 13.2 Å². The Morgan fingerprint density at radius 3 is 2.57 bits per heavy atom. The Morgan fingerprint density at radius 2 is 1.95 bits per heavy atom. The van der Waals surface area contributed by atoms with Crippen LogP contribution in [0.4, 0.5) is 0 Å². The monoisotopic (exact) mass is 311 g/mol. The summed E-state index contributed by atoms with van der Waals surface area (Å²) in [5, 5.41) is -0.698. The molecule has 1 aromatic carbocycles. The van der Waals surface area contributed by atoms with E-state index in [-0.39, 0.29) is 6.04 Å². The third-order valence-corrected chi connectivity index (χ3v) is 6.04. The highest BCUT2D eigenvalue weighted by Gasteiger charge is 2.42. The van der Waals surface area contributed by atoms with Crippen molar-refractivity contribution in [3.05, 3.63) is 35.9 Å². The molecular weight excluding hydrogens is 290 g/mol. The van der Waals surface area contributed by atoms with E-state index in [1.807, 2.05) is 30.3 Å². The van der Waals surface area contributed by atoms with Crippen LogP contribution < -0.4 is 4.72 Å². The minimum absolute atomic E-state index is 0.324. The molecule has 3 atom stereocenters. The number of hydrogen-bond donors (Lipinski definition) is 1. The van der Waals surface area contributed by atoms with Crippen LogP contribution >= 0.6 is 0 Å². The van der Waals surface area contributed by atoms with E-state index in [1.165, 1.54) is 7.11 Å². The average Bonchev–Trinajstić information content (AvgIpc) is 2.97.